The molecule has 4 N–H and O–H groups in total. The van der Waals surface area contributed by atoms with Gasteiger partial charge in [0.15, 0.2) is 0 Å². The minimum absolute atomic E-state index is 0. The number of carboxylic acids is 2. The van der Waals surface area contributed by atoms with E-state index in [1.165, 1.54) is 24.3 Å². The number of carboxylic acid groups (broad SMARTS) is 2. The Morgan fingerprint density at radius 3 is 1.19 bits per heavy atom. The van der Waals surface area contributed by atoms with Crippen LogP contribution in [-0.2, 0) is 9.59 Å². The molecule has 6 aromatic rings. The Kier molecular flexibility index (Phi) is 20.5. The van der Waals surface area contributed by atoms with Gasteiger partial charge in [-0.05, 0) is 87.4 Å². The van der Waals surface area contributed by atoms with E-state index in [9.17, 15) is 49.0 Å². The second-order valence-electron chi connectivity index (χ2n) is 15.3. The van der Waals surface area contributed by atoms with Crippen LogP contribution in [0.5, 0.6) is 0 Å². The van der Waals surface area contributed by atoms with Gasteiger partial charge in [-0.1, -0.05) is 72.8 Å². The summed E-state index contributed by atoms with van der Waals surface area (Å²) in [6, 6.07) is 28.6. The molecule has 4 aromatic carbocycles. The predicted molar refractivity (Wildman–Crippen MR) is 226 cm³/mol. The number of rotatable bonds is 16. The molecule has 0 aliphatic carbocycles. The zero-order chi connectivity index (χ0) is 43.7. The number of carbonyl (C=O) groups is 2. The fraction of sp³-hybridized carbons (Fsp3) is 0.292. The fourth-order valence-corrected chi connectivity index (χ4v) is 7.52. The zero-order valence-electron chi connectivity index (χ0n) is 35.9. The van der Waals surface area contributed by atoms with Crippen LogP contribution in [0.3, 0.4) is 0 Å². The van der Waals surface area contributed by atoms with Crippen molar-refractivity contribution in [1.29, 1.82) is 0 Å². The van der Waals surface area contributed by atoms with Crippen molar-refractivity contribution in [2.75, 3.05) is 0 Å². The average molecular weight is 867 g/mol. The number of halogens is 2. The Labute approximate surface area is 404 Å². The van der Waals surface area contributed by atoms with Crippen molar-refractivity contribution in [3.8, 4) is 22.3 Å². The SMILES string of the molecule is CC(C)n1c(/C=C/[C@@H](O)C[C@@H](O)CC(=O)[O-])c(-c2ccc(F)cc2)c2ccccc21.CC(C)n1c(/C=C/[C@H](O)C[C@H](O)CC(=O)[O-])c(-c2ccc(F)cc2)c2ccccc21.[Na+].[Na+]. The number of aliphatic hydroxyl groups excluding tert-OH is 4. The molecule has 2 heterocycles. The van der Waals surface area contributed by atoms with Crippen LogP contribution in [-0.4, -0.2) is 65.9 Å². The summed E-state index contributed by atoms with van der Waals surface area (Å²) in [6.07, 6.45) is 0.899. The summed E-state index contributed by atoms with van der Waals surface area (Å²) in [5, 5.41) is 63.3. The molecule has 10 nitrogen and oxygen atoms in total. The van der Waals surface area contributed by atoms with Gasteiger partial charge in [-0.2, -0.15) is 0 Å². The number of hydrogen-bond acceptors (Lipinski definition) is 8. The van der Waals surface area contributed by atoms with Crippen molar-refractivity contribution in [3.05, 3.63) is 132 Å². The second kappa shape index (κ2) is 24.2. The van der Waals surface area contributed by atoms with E-state index in [2.05, 4.69) is 36.8 Å². The molecule has 4 atom stereocenters. The van der Waals surface area contributed by atoms with Gasteiger partial charge in [-0.25, -0.2) is 8.78 Å². The van der Waals surface area contributed by atoms with Crippen molar-refractivity contribution >= 4 is 45.9 Å². The van der Waals surface area contributed by atoms with Gasteiger partial charge in [0.25, 0.3) is 0 Å². The number of hydrogen-bond donors (Lipinski definition) is 4. The van der Waals surface area contributed by atoms with E-state index in [1.807, 2.05) is 48.5 Å². The fourth-order valence-electron chi connectivity index (χ4n) is 7.52. The summed E-state index contributed by atoms with van der Waals surface area (Å²) in [4.78, 5) is 21.2. The molecule has 0 unspecified atom stereocenters. The number of benzene rings is 4. The van der Waals surface area contributed by atoms with Gasteiger partial charge in [0.2, 0.25) is 0 Å². The molecule has 62 heavy (non-hydrogen) atoms. The number of para-hydroxylation sites is 2. The molecule has 0 aliphatic rings. The molecule has 0 aliphatic heterocycles. The van der Waals surface area contributed by atoms with Crippen LogP contribution in [0.15, 0.2) is 109 Å². The van der Waals surface area contributed by atoms with E-state index in [0.29, 0.717) is 0 Å². The van der Waals surface area contributed by atoms with E-state index in [1.54, 1.807) is 48.6 Å². The molecule has 0 spiro atoms. The predicted octanol–water partition coefficient (Wildman–Crippen LogP) is 0.595. The second-order valence-corrected chi connectivity index (χ2v) is 15.3. The van der Waals surface area contributed by atoms with Gasteiger partial charge < -0.3 is 49.4 Å². The molecule has 6 rings (SSSR count). The number of fused-ring (bicyclic) bond motifs is 2. The van der Waals surface area contributed by atoms with Gasteiger partial charge in [0, 0.05) is 94.0 Å². The van der Waals surface area contributed by atoms with Crippen molar-refractivity contribution in [1.82, 2.24) is 9.13 Å². The first-order valence-electron chi connectivity index (χ1n) is 19.8. The topological polar surface area (TPSA) is 171 Å². The van der Waals surface area contributed by atoms with Gasteiger partial charge in [0.05, 0.1) is 24.4 Å². The number of carbonyl (C=O) groups excluding carboxylic acids is 2. The van der Waals surface area contributed by atoms with Crippen molar-refractivity contribution in [2.45, 2.75) is 89.9 Å². The number of aliphatic carboxylic acids is 2. The summed E-state index contributed by atoms with van der Waals surface area (Å²) < 4.78 is 31.3. The Bertz CT molecular complexity index is 2290. The number of nitrogens with zero attached hydrogens (tertiary/aromatic N) is 2. The smallest absolute Gasteiger partial charge is 0.550 e. The molecule has 14 heteroatoms. The summed E-state index contributed by atoms with van der Waals surface area (Å²) in [5.74, 6) is -3.36. The van der Waals surface area contributed by atoms with Crippen LogP contribution in [0.1, 0.15) is 76.8 Å². The van der Waals surface area contributed by atoms with E-state index in [4.69, 9.17) is 0 Å². The first kappa shape index (κ1) is 52.4. The summed E-state index contributed by atoms with van der Waals surface area (Å²) >= 11 is 0. The molecule has 0 radical (unpaired) electrons. The maximum atomic E-state index is 13.5. The first-order chi connectivity index (χ1) is 28.5. The van der Waals surface area contributed by atoms with Gasteiger partial charge >= 0.3 is 59.1 Å². The number of aliphatic hydroxyl groups is 4. The molecule has 316 valence electrons. The Hall–Kier alpha value is -3.92. The largest absolute Gasteiger partial charge is 1.00 e. The van der Waals surface area contributed by atoms with E-state index in [0.717, 1.165) is 55.4 Å². The summed E-state index contributed by atoms with van der Waals surface area (Å²) in [7, 11) is 0. The van der Waals surface area contributed by atoms with E-state index >= 15 is 0 Å². The van der Waals surface area contributed by atoms with Crippen LogP contribution in [0.25, 0.3) is 56.2 Å². The molecule has 0 amide bonds. The van der Waals surface area contributed by atoms with Gasteiger partial charge in [0.1, 0.15) is 11.6 Å². The monoisotopic (exact) mass is 866 g/mol. The molecule has 0 bridgehead atoms. The quantitative estimate of drug-likeness (QED) is 0.103. The van der Waals surface area contributed by atoms with Gasteiger partial charge in [-0.15, -0.1) is 0 Å². The van der Waals surface area contributed by atoms with Crippen molar-refractivity contribution < 1.29 is 108 Å². The van der Waals surface area contributed by atoms with E-state index < -0.39 is 49.2 Å². The van der Waals surface area contributed by atoms with Crippen LogP contribution >= 0.6 is 0 Å². The molecule has 2 aromatic heterocycles. The Balaban J connectivity index is 0.000000320. The van der Waals surface area contributed by atoms with Crippen LogP contribution in [0.4, 0.5) is 8.78 Å². The summed E-state index contributed by atoms with van der Waals surface area (Å²) in [5.41, 5.74) is 7.22. The molecule has 0 fully saturated rings. The molecular weight excluding hydrogens is 817 g/mol. The zero-order valence-corrected chi connectivity index (χ0v) is 39.9. The Morgan fingerprint density at radius 1 is 0.565 bits per heavy atom. The van der Waals surface area contributed by atoms with Crippen LogP contribution in [0, 0.1) is 11.6 Å². The normalized spacial score (nSPS) is 13.5. The first-order valence-corrected chi connectivity index (χ1v) is 19.8. The number of aromatic nitrogens is 2. The van der Waals surface area contributed by atoms with Crippen molar-refractivity contribution in [3.63, 3.8) is 0 Å². The van der Waals surface area contributed by atoms with Crippen LogP contribution < -0.4 is 69.3 Å². The third-order valence-electron chi connectivity index (χ3n) is 9.98. The standard InChI is InChI=1S/2C24H26FNO4.2Na/c2*1-15(2)26-21-6-4-3-5-20(21)24(16-7-9-17(25)10-8-16)22(26)12-11-18(27)13-19(28)14-23(29)30;;/h2*3-12,15,18-19,27-28H,13-14H2,1-2H3,(H,29,30);;/q;;2*+1/p-2/b2*12-11+;;/t2*18-,19-;;/m10../s1. The minimum Gasteiger partial charge on any atom is -0.550 e. The van der Waals surface area contributed by atoms with Crippen molar-refractivity contribution in [2.24, 2.45) is 0 Å². The Morgan fingerprint density at radius 2 is 0.887 bits per heavy atom. The maximum Gasteiger partial charge on any atom is 1.00 e. The minimum atomic E-state index is -1.36. The third-order valence-corrected chi connectivity index (χ3v) is 9.98. The average Bonchev–Trinajstić information content (AvgIpc) is 3.69. The van der Waals surface area contributed by atoms with Crippen LogP contribution in [0.2, 0.25) is 0 Å². The maximum absolute atomic E-state index is 13.5. The van der Waals surface area contributed by atoms with E-state index in [-0.39, 0.29) is 95.7 Å². The summed E-state index contributed by atoms with van der Waals surface area (Å²) in [6.45, 7) is 8.22. The van der Waals surface area contributed by atoms with Gasteiger partial charge in [-0.3, -0.25) is 0 Å². The third kappa shape index (κ3) is 13.5. The molecular formula is C48H50F2N2Na2O8. The molecule has 0 saturated carbocycles. The molecule has 0 saturated heterocycles.